The summed E-state index contributed by atoms with van der Waals surface area (Å²) >= 11 is 0. The minimum Gasteiger partial charge on any atom is -0.316 e. The van der Waals surface area contributed by atoms with Gasteiger partial charge in [-0.3, -0.25) is 0 Å². The second kappa shape index (κ2) is 4.62. The molecule has 1 saturated heterocycles. The van der Waals surface area contributed by atoms with Gasteiger partial charge in [-0.1, -0.05) is 13.8 Å². The minimum absolute atomic E-state index is 0.378. The van der Waals surface area contributed by atoms with Gasteiger partial charge in [0.1, 0.15) is 9.84 Å². The standard InChI is InChI=1S/C10H21NO2S/c1-8(2)10(11-3)9-4-6-14(12,13)7-5-9/h8-11H,4-7H2,1-3H3. The Kier molecular flexibility index (Phi) is 3.95. The summed E-state index contributed by atoms with van der Waals surface area (Å²) in [5.74, 6) is 1.86. The molecule has 1 aliphatic rings. The maximum absolute atomic E-state index is 11.3. The Bertz CT molecular complexity index is 258. The number of hydrogen-bond acceptors (Lipinski definition) is 3. The van der Waals surface area contributed by atoms with Crippen LogP contribution in [0.4, 0.5) is 0 Å². The van der Waals surface area contributed by atoms with Gasteiger partial charge in [0.2, 0.25) is 0 Å². The number of nitrogens with one attached hydrogen (secondary N) is 1. The molecule has 0 radical (unpaired) electrons. The lowest BCUT2D eigenvalue weighted by Gasteiger charge is -2.32. The molecule has 0 aromatic carbocycles. The molecule has 1 N–H and O–H groups in total. The van der Waals surface area contributed by atoms with Gasteiger partial charge in [0.15, 0.2) is 0 Å². The van der Waals surface area contributed by atoms with Crippen molar-refractivity contribution in [1.82, 2.24) is 5.32 Å². The summed E-state index contributed by atoms with van der Waals surface area (Å²) < 4.78 is 22.5. The van der Waals surface area contributed by atoms with Crippen LogP contribution >= 0.6 is 0 Å². The van der Waals surface area contributed by atoms with Crippen LogP contribution in [-0.2, 0) is 9.84 Å². The van der Waals surface area contributed by atoms with Crippen molar-refractivity contribution in [1.29, 1.82) is 0 Å². The highest BCUT2D eigenvalue weighted by atomic mass is 32.2. The monoisotopic (exact) mass is 219 g/mol. The van der Waals surface area contributed by atoms with E-state index in [1.54, 1.807) is 0 Å². The predicted molar refractivity (Wildman–Crippen MR) is 59.1 cm³/mol. The first-order chi connectivity index (χ1) is 6.46. The molecular formula is C10H21NO2S. The van der Waals surface area contributed by atoms with E-state index in [-0.39, 0.29) is 0 Å². The van der Waals surface area contributed by atoms with Crippen LogP contribution in [0, 0.1) is 11.8 Å². The highest BCUT2D eigenvalue weighted by Gasteiger charge is 2.29. The molecule has 0 bridgehead atoms. The molecule has 14 heavy (non-hydrogen) atoms. The molecule has 1 aliphatic heterocycles. The Morgan fingerprint density at radius 3 is 2.07 bits per heavy atom. The van der Waals surface area contributed by atoms with Crippen molar-refractivity contribution >= 4 is 9.84 Å². The van der Waals surface area contributed by atoms with Crippen LogP contribution < -0.4 is 5.32 Å². The van der Waals surface area contributed by atoms with Crippen molar-refractivity contribution < 1.29 is 8.42 Å². The Morgan fingerprint density at radius 2 is 1.71 bits per heavy atom. The lowest BCUT2D eigenvalue weighted by Crippen LogP contribution is -2.41. The van der Waals surface area contributed by atoms with E-state index in [1.807, 2.05) is 7.05 Å². The Morgan fingerprint density at radius 1 is 1.21 bits per heavy atom. The van der Waals surface area contributed by atoms with Crippen molar-refractivity contribution in [2.45, 2.75) is 32.7 Å². The molecule has 0 amide bonds. The number of hydrogen-bond donors (Lipinski definition) is 1. The lowest BCUT2D eigenvalue weighted by molar-refractivity contribution is 0.278. The van der Waals surface area contributed by atoms with Crippen LogP contribution in [0.15, 0.2) is 0 Å². The fraction of sp³-hybridized carbons (Fsp3) is 1.00. The molecule has 1 heterocycles. The van der Waals surface area contributed by atoms with Gasteiger partial charge in [0.25, 0.3) is 0 Å². The van der Waals surface area contributed by atoms with Gasteiger partial charge in [0.05, 0.1) is 11.5 Å². The lowest BCUT2D eigenvalue weighted by atomic mass is 9.86. The van der Waals surface area contributed by atoms with Gasteiger partial charge in [0, 0.05) is 6.04 Å². The zero-order chi connectivity index (χ0) is 10.8. The fourth-order valence-corrected chi connectivity index (χ4v) is 3.91. The average molecular weight is 219 g/mol. The van der Waals surface area contributed by atoms with Crippen LogP contribution in [0.5, 0.6) is 0 Å². The molecule has 3 nitrogen and oxygen atoms in total. The van der Waals surface area contributed by atoms with Crippen molar-refractivity contribution in [3.05, 3.63) is 0 Å². The first-order valence-corrected chi connectivity index (χ1v) is 7.16. The van der Waals surface area contributed by atoms with E-state index in [4.69, 9.17) is 0 Å². The first-order valence-electron chi connectivity index (χ1n) is 5.34. The summed E-state index contributed by atoms with van der Waals surface area (Å²) in [6.45, 7) is 4.37. The summed E-state index contributed by atoms with van der Waals surface area (Å²) in [7, 11) is -0.745. The zero-order valence-electron chi connectivity index (χ0n) is 9.29. The Balaban J connectivity index is 2.56. The predicted octanol–water partition coefficient (Wildman–Crippen LogP) is 1.06. The Labute approximate surface area is 87.2 Å². The van der Waals surface area contributed by atoms with Gasteiger partial charge in [-0.05, 0) is 31.7 Å². The molecule has 0 saturated carbocycles. The molecule has 1 fully saturated rings. The summed E-state index contributed by atoms with van der Waals surface area (Å²) in [6.07, 6.45) is 1.65. The highest BCUT2D eigenvalue weighted by molar-refractivity contribution is 7.91. The molecule has 0 aliphatic carbocycles. The molecule has 4 heteroatoms. The first kappa shape index (κ1) is 12.0. The van der Waals surface area contributed by atoms with E-state index >= 15 is 0 Å². The normalized spacial score (nSPS) is 25.1. The van der Waals surface area contributed by atoms with Crippen molar-refractivity contribution in [3.63, 3.8) is 0 Å². The molecule has 1 atom stereocenters. The molecule has 0 aromatic rings. The van der Waals surface area contributed by atoms with Crippen molar-refractivity contribution in [3.8, 4) is 0 Å². The maximum Gasteiger partial charge on any atom is 0.150 e. The topological polar surface area (TPSA) is 46.2 Å². The summed E-state index contributed by atoms with van der Waals surface area (Å²) in [5, 5.41) is 3.30. The van der Waals surface area contributed by atoms with Gasteiger partial charge in [-0.2, -0.15) is 0 Å². The van der Waals surface area contributed by atoms with E-state index in [1.165, 1.54) is 0 Å². The van der Waals surface area contributed by atoms with E-state index in [2.05, 4.69) is 19.2 Å². The molecule has 84 valence electrons. The van der Waals surface area contributed by atoms with Crippen LogP contribution in [0.3, 0.4) is 0 Å². The number of sulfone groups is 1. The second-order valence-corrected chi connectivity index (χ2v) is 6.85. The molecule has 0 spiro atoms. The van der Waals surface area contributed by atoms with Gasteiger partial charge in [-0.15, -0.1) is 0 Å². The van der Waals surface area contributed by atoms with E-state index < -0.39 is 9.84 Å². The average Bonchev–Trinajstić information content (AvgIpc) is 2.08. The highest BCUT2D eigenvalue weighted by Crippen LogP contribution is 2.25. The maximum atomic E-state index is 11.3. The SMILES string of the molecule is CNC(C(C)C)C1CCS(=O)(=O)CC1. The van der Waals surface area contributed by atoms with E-state index in [0.717, 1.165) is 12.8 Å². The fourth-order valence-electron chi connectivity index (χ4n) is 2.38. The second-order valence-electron chi connectivity index (χ2n) is 4.55. The van der Waals surface area contributed by atoms with Gasteiger partial charge >= 0.3 is 0 Å². The molecule has 1 unspecified atom stereocenters. The van der Waals surface area contributed by atoms with Crippen molar-refractivity contribution in [2.24, 2.45) is 11.8 Å². The summed E-state index contributed by atoms with van der Waals surface area (Å²) in [4.78, 5) is 0. The minimum atomic E-state index is -2.71. The van der Waals surface area contributed by atoms with Gasteiger partial charge in [-0.25, -0.2) is 8.42 Å². The number of rotatable bonds is 3. The third-order valence-corrected chi connectivity index (χ3v) is 4.87. The molecule has 1 rings (SSSR count). The largest absolute Gasteiger partial charge is 0.316 e. The van der Waals surface area contributed by atoms with Crippen LogP contribution in [0.2, 0.25) is 0 Å². The van der Waals surface area contributed by atoms with Crippen LogP contribution in [-0.4, -0.2) is 33.0 Å². The van der Waals surface area contributed by atoms with E-state index in [0.29, 0.717) is 29.4 Å². The molecular weight excluding hydrogens is 198 g/mol. The zero-order valence-corrected chi connectivity index (χ0v) is 10.1. The van der Waals surface area contributed by atoms with Crippen molar-refractivity contribution in [2.75, 3.05) is 18.6 Å². The van der Waals surface area contributed by atoms with Gasteiger partial charge < -0.3 is 5.32 Å². The third-order valence-electron chi connectivity index (χ3n) is 3.16. The third kappa shape index (κ3) is 2.95. The quantitative estimate of drug-likeness (QED) is 0.772. The summed E-state index contributed by atoms with van der Waals surface area (Å²) in [6, 6.07) is 0.463. The summed E-state index contributed by atoms with van der Waals surface area (Å²) in [5.41, 5.74) is 0. The van der Waals surface area contributed by atoms with Crippen LogP contribution in [0.25, 0.3) is 0 Å². The Hall–Kier alpha value is -0.0900. The molecule has 0 aromatic heterocycles. The smallest absolute Gasteiger partial charge is 0.150 e. The van der Waals surface area contributed by atoms with Crippen LogP contribution in [0.1, 0.15) is 26.7 Å². The van der Waals surface area contributed by atoms with E-state index in [9.17, 15) is 8.42 Å².